The predicted molar refractivity (Wildman–Crippen MR) is 73.7 cm³/mol. The maximum Gasteiger partial charge on any atom is 0.223 e. The number of amides is 1. The van der Waals surface area contributed by atoms with E-state index in [9.17, 15) is 14.4 Å². The van der Waals surface area contributed by atoms with Gasteiger partial charge in [-0.3, -0.25) is 9.59 Å². The summed E-state index contributed by atoms with van der Waals surface area (Å²) in [4.78, 5) is 34.9. The number of carbonyl (C=O) groups excluding carboxylic acids is 3. The van der Waals surface area contributed by atoms with Crippen LogP contribution >= 0.6 is 0 Å². The van der Waals surface area contributed by atoms with Gasteiger partial charge in [0.1, 0.15) is 5.78 Å². The van der Waals surface area contributed by atoms with Crippen LogP contribution in [0.4, 0.5) is 0 Å². The molecule has 1 unspecified atom stereocenters. The van der Waals surface area contributed by atoms with Gasteiger partial charge in [-0.05, 0) is 26.2 Å². The van der Waals surface area contributed by atoms with Gasteiger partial charge in [0.25, 0.3) is 0 Å². The second-order valence-electron chi connectivity index (χ2n) is 5.53. The molecule has 1 aliphatic carbocycles. The fourth-order valence-corrected chi connectivity index (χ4v) is 2.66. The third kappa shape index (κ3) is 5.53. The van der Waals surface area contributed by atoms with Gasteiger partial charge in [-0.25, -0.2) is 0 Å². The second kappa shape index (κ2) is 8.08. The van der Waals surface area contributed by atoms with Gasteiger partial charge < -0.3 is 10.1 Å². The van der Waals surface area contributed by atoms with Crippen molar-refractivity contribution in [1.82, 2.24) is 5.32 Å². The molecule has 1 amide bonds. The van der Waals surface area contributed by atoms with Crippen LogP contribution in [0.1, 0.15) is 58.8 Å². The van der Waals surface area contributed by atoms with E-state index in [1.54, 1.807) is 0 Å². The first kappa shape index (κ1) is 15.9. The highest BCUT2D eigenvalue weighted by Gasteiger charge is 2.23. The van der Waals surface area contributed by atoms with Crippen LogP contribution in [-0.2, 0) is 14.4 Å². The molecule has 1 rings (SSSR count). The van der Waals surface area contributed by atoms with E-state index in [2.05, 4.69) is 5.32 Å². The highest BCUT2D eigenvalue weighted by molar-refractivity contribution is 5.91. The largest absolute Gasteiger partial charge is 0.349 e. The summed E-state index contributed by atoms with van der Waals surface area (Å²) in [6, 6.07) is 0. The number of Topliss-reactive ketones (excluding diaryl/α,β-unsaturated/α-hetero) is 2. The first-order valence-electron chi connectivity index (χ1n) is 7.34. The summed E-state index contributed by atoms with van der Waals surface area (Å²) in [6.45, 7) is 3.46. The molecule has 108 valence electrons. The van der Waals surface area contributed by atoms with Crippen molar-refractivity contribution in [1.29, 1.82) is 0 Å². The van der Waals surface area contributed by atoms with Gasteiger partial charge in [0.15, 0.2) is 5.78 Å². The van der Waals surface area contributed by atoms with Crippen LogP contribution in [0.15, 0.2) is 0 Å². The lowest BCUT2D eigenvalue weighted by molar-refractivity contribution is -0.130. The fourth-order valence-electron chi connectivity index (χ4n) is 2.66. The molecule has 0 bridgehead atoms. The van der Waals surface area contributed by atoms with E-state index in [1.807, 2.05) is 6.92 Å². The Balaban J connectivity index is 2.35. The van der Waals surface area contributed by atoms with Crippen molar-refractivity contribution in [2.75, 3.05) is 6.54 Å². The summed E-state index contributed by atoms with van der Waals surface area (Å²) < 4.78 is 0. The Morgan fingerprint density at radius 3 is 2.32 bits per heavy atom. The molecule has 0 aromatic carbocycles. The molecule has 0 radical (unpaired) electrons. The van der Waals surface area contributed by atoms with Gasteiger partial charge in [0.2, 0.25) is 5.91 Å². The van der Waals surface area contributed by atoms with Crippen LogP contribution < -0.4 is 5.32 Å². The number of ketones is 2. The van der Waals surface area contributed by atoms with E-state index in [-0.39, 0.29) is 42.3 Å². The van der Waals surface area contributed by atoms with Gasteiger partial charge in [-0.2, -0.15) is 0 Å². The van der Waals surface area contributed by atoms with Crippen LogP contribution in [-0.4, -0.2) is 24.0 Å². The molecular weight excluding hydrogens is 242 g/mol. The maximum atomic E-state index is 11.9. The SMILES string of the molecule is CCC(CC(C)=O)C(=O)CNC(=O)C1CCCCC1. The van der Waals surface area contributed by atoms with E-state index in [0.717, 1.165) is 25.7 Å². The summed E-state index contributed by atoms with van der Waals surface area (Å²) in [5.41, 5.74) is 0. The average Bonchev–Trinajstić information content (AvgIpc) is 2.42. The summed E-state index contributed by atoms with van der Waals surface area (Å²) in [6.07, 6.45) is 6.23. The second-order valence-corrected chi connectivity index (χ2v) is 5.53. The smallest absolute Gasteiger partial charge is 0.223 e. The zero-order valence-electron chi connectivity index (χ0n) is 12.0. The van der Waals surface area contributed by atoms with Crippen molar-refractivity contribution >= 4 is 17.5 Å². The Bertz CT molecular complexity index is 332. The summed E-state index contributed by atoms with van der Waals surface area (Å²) in [7, 11) is 0. The van der Waals surface area contributed by atoms with Crippen molar-refractivity contribution in [3.05, 3.63) is 0 Å². The van der Waals surface area contributed by atoms with E-state index in [4.69, 9.17) is 0 Å². The third-order valence-corrected chi connectivity index (χ3v) is 3.89. The summed E-state index contributed by atoms with van der Waals surface area (Å²) in [5, 5.41) is 2.74. The normalized spacial score (nSPS) is 17.8. The van der Waals surface area contributed by atoms with E-state index >= 15 is 0 Å². The number of nitrogens with one attached hydrogen (secondary N) is 1. The predicted octanol–water partition coefficient (Wildman–Crippen LogP) is 2.26. The van der Waals surface area contributed by atoms with Gasteiger partial charge in [-0.15, -0.1) is 0 Å². The molecule has 1 N–H and O–H groups in total. The number of hydrogen-bond acceptors (Lipinski definition) is 3. The number of rotatable bonds is 7. The van der Waals surface area contributed by atoms with E-state index in [1.165, 1.54) is 13.3 Å². The number of hydrogen-bond donors (Lipinski definition) is 1. The minimum absolute atomic E-state index is 0.00530. The summed E-state index contributed by atoms with van der Waals surface area (Å²) in [5.74, 6) is -0.162. The minimum atomic E-state index is -0.246. The molecule has 0 aliphatic heterocycles. The average molecular weight is 267 g/mol. The molecule has 0 heterocycles. The first-order valence-corrected chi connectivity index (χ1v) is 7.34. The molecule has 0 aromatic heterocycles. The Labute approximate surface area is 115 Å². The summed E-state index contributed by atoms with van der Waals surface area (Å²) >= 11 is 0. The Morgan fingerprint density at radius 2 is 1.79 bits per heavy atom. The highest BCUT2D eigenvalue weighted by Crippen LogP contribution is 2.23. The highest BCUT2D eigenvalue weighted by atomic mass is 16.2. The van der Waals surface area contributed by atoms with Crippen LogP contribution in [0.2, 0.25) is 0 Å². The van der Waals surface area contributed by atoms with Gasteiger partial charge >= 0.3 is 0 Å². The Morgan fingerprint density at radius 1 is 1.16 bits per heavy atom. The lowest BCUT2D eigenvalue weighted by Gasteiger charge is -2.21. The van der Waals surface area contributed by atoms with E-state index in [0.29, 0.717) is 6.42 Å². The lowest BCUT2D eigenvalue weighted by atomic mass is 9.88. The Kier molecular flexibility index (Phi) is 6.74. The van der Waals surface area contributed by atoms with Crippen molar-refractivity contribution in [2.24, 2.45) is 11.8 Å². The molecule has 4 nitrogen and oxygen atoms in total. The van der Waals surface area contributed by atoms with Crippen LogP contribution in [0.3, 0.4) is 0 Å². The molecule has 0 spiro atoms. The molecule has 4 heteroatoms. The van der Waals surface area contributed by atoms with Gasteiger partial charge in [0, 0.05) is 18.3 Å². The molecule has 1 fully saturated rings. The zero-order valence-corrected chi connectivity index (χ0v) is 12.0. The Hall–Kier alpha value is -1.19. The van der Waals surface area contributed by atoms with Crippen molar-refractivity contribution < 1.29 is 14.4 Å². The molecule has 1 atom stereocenters. The molecular formula is C15H25NO3. The van der Waals surface area contributed by atoms with Crippen LogP contribution in [0, 0.1) is 11.8 Å². The molecule has 1 aliphatic rings. The van der Waals surface area contributed by atoms with E-state index < -0.39 is 0 Å². The van der Waals surface area contributed by atoms with Crippen molar-refractivity contribution in [3.63, 3.8) is 0 Å². The zero-order chi connectivity index (χ0) is 14.3. The van der Waals surface area contributed by atoms with Crippen LogP contribution in [0.5, 0.6) is 0 Å². The number of carbonyl (C=O) groups is 3. The molecule has 19 heavy (non-hydrogen) atoms. The third-order valence-electron chi connectivity index (χ3n) is 3.89. The maximum absolute atomic E-state index is 11.9. The lowest BCUT2D eigenvalue weighted by Crippen LogP contribution is -2.37. The molecule has 0 aromatic rings. The fraction of sp³-hybridized carbons (Fsp3) is 0.800. The van der Waals surface area contributed by atoms with Gasteiger partial charge in [0.05, 0.1) is 6.54 Å². The molecule has 0 saturated heterocycles. The van der Waals surface area contributed by atoms with Crippen molar-refractivity contribution in [2.45, 2.75) is 58.8 Å². The quantitative estimate of drug-likeness (QED) is 0.769. The van der Waals surface area contributed by atoms with Crippen molar-refractivity contribution in [3.8, 4) is 0 Å². The van der Waals surface area contributed by atoms with Gasteiger partial charge in [-0.1, -0.05) is 26.2 Å². The standard InChI is InChI=1S/C15H25NO3/c1-3-12(9-11(2)17)14(18)10-16-15(19)13-7-5-4-6-8-13/h12-13H,3-10H2,1-2H3,(H,16,19). The minimum Gasteiger partial charge on any atom is -0.349 e. The monoisotopic (exact) mass is 267 g/mol. The molecule has 1 saturated carbocycles. The van der Waals surface area contributed by atoms with Crippen LogP contribution in [0.25, 0.3) is 0 Å². The topological polar surface area (TPSA) is 63.2 Å². The first-order chi connectivity index (χ1) is 9.04.